The van der Waals surface area contributed by atoms with Gasteiger partial charge in [0.25, 0.3) is 0 Å². The fraction of sp³-hybridized carbons (Fsp3) is 0.333. The van der Waals surface area contributed by atoms with Gasteiger partial charge in [-0.15, -0.1) is 17.9 Å². The third kappa shape index (κ3) is 3.61. The Labute approximate surface area is 165 Å². The first-order valence-corrected chi connectivity index (χ1v) is 11.8. The van der Waals surface area contributed by atoms with Crippen LogP contribution in [0.5, 0.6) is 0 Å². The quantitative estimate of drug-likeness (QED) is 0.719. The molecule has 2 fully saturated rings. The Morgan fingerprint density at radius 3 is 2.70 bits per heavy atom. The molecule has 4 rings (SSSR count). The highest BCUT2D eigenvalue weighted by atomic mass is 32.2. The summed E-state index contributed by atoms with van der Waals surface area (Å²) in [7, 11) is -3.27. The van der Waals surface area contributed by atoms with Crippen molar-refractivity contribution in [1.82, 2.24) is 4.90 Å². The van der Waals surface area contributed by atoms with Crippen LogP contribution in [0.4, 0.5) is 5.69 Å². The highest BCUT2D eigenvalue weighted by Crippen LogP contribution is 2.64. The zero-order valence-electron chi connectivity index (χ0n) is 15.3. The van der Waals surface area contributed by atoms with Crippen molar-refractivity contribution >= 4 is 33.1 Å². The van der Waals surface area contributed by atoms with E-state index in [1.165, 1.54) is 11.1 Å². The molecule has 142 valence electrons. The summed E-state index contributed by atoms with van der Waals surface area (Å²) in [6.07, 6.45) is 7.68. The molecule has 0 amide bonds. The summed E-state index contributed by atoms with van der Waals surface area (Å²) in [5.41, 5.74) is 1.76. The maximum absolute atomic E-state index is 11.5. The van der Waals surface area contributed by atoms with Gasteiger partial charge in [-0.1, -0.05) is 30.4 Å². The predicted octanol–water partition coefficient (Wildman–Crippen LogP) is 3.82. The van der Waals surface area contributed by atoms with E-state index in [1.807, 2.05) is 12.1 Å². The minimum atomic E-state index is -3.27. The lowest BCUT2D eigenvalue weighted by Crippen LogP contribution is -2.29. The maximum atomic E-state index is 11.5. The number of allylic oxidation sites excluding steroid dienone is 1. The van der Waals surface area contributed by atoms with E-state index in [1.54, 1.807) is 17.4 Å². The smallest absolute Gasteiger partial charge is 0.229 e. The molecular formula is C21H24N2O2S2. The molecule has 0 spiro atoms. The molecule has 1 saturated heterocycles. The Morgan fingerprint density at radius 1 is 1.30 bits per heavy atom. The van der Waals surface area contributed by atoms with Gasteiger partial charge in [0.2, 0.25) is 10.0 Å². The Balaban J connectivity index is 1.43. The van der Waals surface area contributed by atoms with E-state index in [0.29, 0.717) is 17.5 Å². The molecule has 1 aromatic heterocycles. The van der Waals surface area contributed by atoms with Crippen molar-refractivity contribution in [2.75, 3.05) is 30.6 Å². The summed E-state index contributed by atoms with van der Waals surface area (Å²) in [6.45, 7) is 7.18. The highest BCUT2D eigenvalue weighted by Gasteiger charge is 2.66. The Morgan fingerprint density at radius 2 is 2.07 bits per heavy atom. The maximum Gasteiger partial charge on any atom is 0.229 e. The monoisotopic (exact) mass is 400 g/mol. The number of thiophene rings is 1. The average Bonchev–Trinajstić information content (AvgIpc) is 3.02. The number of rotatable bonds is 7. The molecule has 4 nitrogen and oxygen atoms in total. The van der Waals surface area contributed by atoms with Crippen LogP contribution >= 0.6 is 11.3 Å². The number of likely N-dealkylation sites (tertiary alicyclic amines) is 1. The molecule has 1 aliphatic heterocycles. The van der Waals surface area contributed by atoms with Gasteiger partial charge < -0.3 is 0 Å². The lowest BCUT2D eigenvalue weighted by Gasteiger charge is -2.24. The summed E-state index contributed by atoms with van der Waals surface area (Å²) >= 11 is 1.75. The van der Waals surface area contributed by atoms with Gasteiger partial charge in [0, 0.05) is 35.6 Å². The average molecular weight is 401 g/mol. The van der Waals surface area contributed by atoms with Crippen molar-refractivity contribution in [3.63, 3.8) is 0 Å². The molecule has 6 heteroatoms. The first-order chi connectivity index (χ1) is 12.9. The zero-order valence-corrected chi connectivity index (χ0v) is 17.0. The summed E-state index contributed by atoms with van der Waals surface area (Å²) in [5, 5.41) is 2.09. The van der Waals surface area contributed by atoms with Crippen LogP contribution in [0.3, 0.4) is 0 Å². The van der Waals surface area contributed by atoms with Crippen LogP contribution < -0.4 is 4.72 Å². The molecule has 1 N–H and O–H groups in total. The van der Waals surface area contributed by atoms with Crippen molar-refractivity contribution in [2.24, 2.45) is 11.8 Å². The lowest BCUT2D eigenvalue weighted by molar-refractivity contribution is 0.313. The minimum Gasteiger partial charge on any atom is -0.299 e. The van der Waals surface area contributed by atoms with Crippen LogP contribution in [-0.2, 0) is 15.4 Å². The van der Waals surface area contributed by atoms with Gasteiger partial charge in [-0.05, 0) is 47.1 Å². The SMILES string of the molecule is C=CC1(c2cccc(NS(C)(=O)=O)c2)C2CN(C/C=C/c3cccs3)CC21. The molecule has 27 heavy (non-hydrogen) atoms. The van der Waals surface area contributed by atoms with Gasteiger partial charge >= 0.3 is 0 Å². The van der Waals surface area contributed by atoms with Gasteiger partial charge in [-0.25, -0.2) is 8.42 Å². The number of fused-ring (bicyclic) bond motifs is 1. The highest BCUT2D eigenvalue weighted by molar-refractivity contribution is 7.92. The second kappa shape index (κ2) is 6.93. The van der Waals surface area contributed by atoms with E-state index < -0.39 is 10.0 Å². The van der Waals surface area contributed by atoms with E-state index in [4.69, 9.17) is 0 Å². The minimum absolute atomic E-state index is 0.0246. The molecule has 2 unspecified atom stereocenters. The zero-order chi connectivity index (χ0) is 19.1. The molecule has 2 atom stereocenters. The number of hydrogen-bond acceptors (Lipinski definition) is 4. The first kappa shape index (κ1) is 18.5. The second-order valence-electron chi connectivity index (χ2n) is 7.44. The van der Waals surface area contributed by atoms with Crippen molar-refractivity contribution in [3.8, 4) is 0 Å². The number of anilines is 1. The van der Waals surface area contributed by atoms with Crippen molar-refractivity contribution in [3.05, 3.63) is 70.9 Å². The molecule has 1 saturated carbocycles. The van der Waals surface area contributed by atoms with Gasteiger partial charge in [-0.3, -0.25) is 9.62 Å². The van der Waals surface area contributed by atoms with E-state index in [0.717, 1.165) is 25.2 Å². The second-order valence-corrected chi connectivity index (χ2v) is 10.2. The summed E-state index contributed by atoms with van der Waals surface area (Å²) < 4.78 is 25.6. The summed E-state index contributed by atoms with van der Waals surface area (Å²) in [4.78, 5) is 3.77. The van der Waals surface area contributed by atoms with Gasteiger partial charge in [0.1, 0.15) is 0 Å². The van der Waals surface area contributed by atoms with Crippen LogP contribution in [0.15, 0.2) is 60.5 Å². The predicted molar refractivity (Wildman–Crippen MR) is 114 cm³/mol. The van der Waals surface area contributed by atoms with Crippen LogP contribution in [0.25, 0.3) is 6.08 Å². The Hall–Kier alpha value is -1.89. The van der Waals surface area contributed by atoms with E-state index in [9.17, 15) is 8.42 Å². The molecule has 2 aliphatic rings. The molecule has 0 bridgehead atoms. The van der Waals surface area contributed by atoms with Crippen LogP contribution in [0, 0.1) is 11.8 Å². The fourth-order valence-corrected chi connectivity index (χ4v) is 5.72. The number of hydrogen-bond donors (Lipinski definition) is 1. The molecule has 0 radical (unpaired) electrons. The number of nitrogens with one attached hydrogen (secondary N) is 1. The molecule has 1 aromatic carbocycles. The molecule has 2 aromatic rings. The van der Waals surface area contributed by atoms with E-state index in [-0.39, 0.29) is 5.41 Å². The third-order valence-corrected chi connectivity index (χ3v) is 7.15. The van der Waals surface area contributed by atoms with Crippen molar-refractivity contribution < 1.29 is 8.42 Å². The van der Waals surface area contributed by atoms with Crippen LogP contribution in [0.2, 0.25) is 0 Å². The summed E-state index contributed by atoms with van der Waals surface area (Å²) in [5.74, 6) is 1.11. The van der Waals surface area contributed by atoms with Crippen LogP contribution in [-0.4, -0.2) is 39.2 Å². The first-order valence-electron chi connectivity index (χ1n) is 9.07. The molecule has 2 heterocycles. The number of piperidine rings is 1. The molecule has 1 aliphatic carbocycles. The van der Waals surface area contributed by atoms with Crippen LogP contribution in [0.1, 0.15) is 10.4 Å². The van der Waals surface area contributed by atoms with Gasteiger partial charge in [-0.2, -0.15) is 0 Å². The largest absolute Gasteiger partial charge is 0.299 e. The van der Waals surface area contributed by atoms with Gasteiger partial charge in [0.15, 0.2) is 0 Å². The fourth-order valence-electron chi connectivity index (χ4n) is 4.52. The number of sulfonamides is 1. The van der Waals surface area contributed by atoms with E-state index >= 15 is 0 Å². The van der Waals surface area contributed by atoms with Gasteiger partial charge in [0.05, 0.1) is 6.26 Å². The Bertz CT molecular complexity index is 952. The normalized spacial score (nSPS) is 27.6. The number of benzene rings is 1. The lowest BCUT2D eigenvalue weighted by atomic mass is 9.90. The number of nitrogens with zero attached hydrogens (tertiary/aromatic N) is 1. The van der Waals surface area contributed by atoms with Crippen molar-refractivity contribution in [2.45, 2.75) is 5.41 Å². The topological polar surface area (TPSA) is 49.4 Å². The Kier molecular flexibility index (Phi) is 4.74. The third-order valence-electron chi connectivity index (χ3n) is 5.71. The van der Waals surface area contributed by atoms with Crippen molar-refractivity contribution in [1.29, 1.82) is 0 Å². The standard InChI is InChI=1S/C21H24N2O2S2/c1-3-21(16-7-4-8-17(13-16)22-27(2,24)25)19-14-23(15-20(19)21)11-5-9-18-10-6-12-26-18/h3-10,12-13,19-20,22H,1,11,14-15H2,2H3/b9-5+. The summed E-state index contributed by atoms with van der Waals surface area (Å²) in [6, 6.07) is 12.0. The molecular weight excluding hydrogens is 376 g/mol. The van der Waals surface area contributed by atoms with E-state index in [2.05, 4.69) is 58.0 Å².